The van der Waals surface area contributed by atoms with Crippen LogP contribution in [0.3, 0.4) is 0 Å². The van der Waals surface area contributed by atoms with E-state index in [4.69, 9.17) is 24.9 Å². The zero-order valence-electron chi connectivity index (χ0n) is 37.6. The highest BCUT2D eigenvalue weighted by molar-refractivity contribution is 7.90. The summed E-state index contributed by atoms with van der Waals surface area (Å²) in [6, 6.07) is 20.9. The van der Waals surface area contributed by atoms with Crippen molar-refractivity contribution in [3.05, 3.63) is 106 Å². The van der Waals surface area contributed by atoms with Gasteiger partial charge in [-0.2, -0.15) is 4.98 Å². The van der Waals surface area contributed by atoms with Crippen LogP contribution in [-0.4, -0.2) is 111 Å². The lowest BCUT2D eigenvalue weighted by Crippen LogP contribution is -2.55. The topological polar surface area (TPSA) is 228 Å². The average Bonchev–Trinajstić information content (AvgIpc) is 4.13. The molecule has 3 atom stereocenters. The maximum absolute atomic E-state index is 14.6. The van der Waals surface area contributed by atoms with Crippen molar-refractivity contribution in [3.8, 4) is 5.88 Å². The second kappa shape index (κ2) is 17.7. The lowest BCUT2D eigenvalue weighted by molar-refractivity contribution is -0.384. The molecule has 5 fully saturated rings. The number of likely N-dealkylation sites (tertiary alicyclic amines) is 1. The molecule has 5 aromatic rings. The summed E-state index contributed by atoms with van der Waals surface area (Å²) < 4.78 is 48.2. The zero-order chi connectivity index (χ0) is 46.7. The molecule has 3 aromatic carbocycles. The number of nitrogens with one attached hydrogen (secondary N) is 3. The maximum Gasteiger partial charge on any atom is 0.293 e. The van der Waals surface area contributed by atoms with E-state index in [1.807, 2.05) is 53.4 Å². The van der Waals surface area contributed by atoms with Gasteiger partial charge in [0.15, 0.2) is 0 Å². The van der Waals surface area contributed by atoms with Gasteiger partial charge in [-0.05, 0) is 123 Å². The van der Waals surface area contributed by atoms with E-state index in [-0.39, 0.29) is 47.2 Å². The quantitative estimate of drug-likeness (QED) is 0.0783. The Hall–Kier alpha value is -6.28. The van der Waals surface area contributed by atoms with Crippen molar-refractivity contribution in [1.82, 2.24) is 19.6 Å². The first-order chi connectivity index (χ1) is 32.9. The summed E-state index contributed by atoms with van der Waals surface area (Å²) in [6.07, 6.45) is 9.22. The molecule has 0 bridgehead atoms. The van der Waals surface area contributed by atoms with Crippen molar-refractivity contribution in [2.45, 2.75) is 80.5 Å². The van der Waals surface area contributed by atoms with E-state index >= 15 is 0 Å². The molecule has 7 heterocycles. The number of amides is 2. The fraction of sp³-hybridized carbons (Fsp3) is 0.449. The molecular weight excluding hydrogens is 891 g/mol. The highest BCUT2D eigenvalue weighted by atomic mass is 32.2. The molecule has 5 N–H and O–H groups in total. The molecule has 4 saturated heterocycles. The molecule has 0 unspecified atom stereocenters. The van der Waals surface area contributed by atoms with Crippen LogP contribution in [0.1, 0.15) is 83.7 Å². The number of carbonyl (C=O) groups is 2. The van der Waals surface area contributed by atoms with Crippen LogP contribution in [0.15, 0.2) is 83.9 Å². The summed E-state index contributed by atoms with van der Waals surface area (Å²) in [7, 11) is -4.61. The Balaban J connectivity index is 0.866. The zero-order valence-corrected chi connectivity index (χ0v) is 38.4. The van der Waals surface area contributed by atoms with Gasteiger partial charge in [-0.15, -0.1) is 0 Å². The Morgan fingerprint density at radius 1 is 0.926 bits per heavy atom. The molecule has 2 amide bonds. The fourth-order valence-electron chi connectivity index (χ4n) is 11.6. The normalized spacial score (nSPS) is 22.9. The molecule has 18 nitrogen and oxygen atoms in total. The highest BCUT2D eigenvalue weighted by Gasteiger charge is 2.50. The summed E-state index contributed by atoms with van der Waals surface area (Å²) in [4.78, 5) is 53.0. The predicted molar refractivity (Wildman–Crippen MR) is 254 cm³/mol. The van der Waals surface area contributed by atoms with E-state index in [0.29, 0.717) is 60.9 Å². The molecule has 2 aromatic heterocycles. The number of nitro benzene ring substituents is 1. The third-order valence-electron chi connectivity index (χ3n) is 15.3. The average molecular weight is 946 g/mol. The number of H-pyrrole nitrogens is 1. The van der Waals surface area contributed by atoms with Gasteiger partial charge in [-0.25, -0.2) is 13.1 Å². The number of rotatable bonds is 12. The highest BCUT2D eigenvalue weighted by Crippen LogP contribution is 2.54. The van der Waals surface area contributed by atoms with Crippen LogP contribution in [0.4, 0.5) is 28.4 Å². The molecule has 0 radical (unpaired) electrons. The van der Waals surface area contributed by atoms with Gasteiger partial charge in [-0.3, -0.25) is 24.6 Å². The number of hydrogen-bond donors (Lipinski definition) is 4. The first-order valence-corrected chi connectivity index (χ1v) is 25.1. The number of primary amides is 1. The van der Waals surface area contributed by atoms with Crippen LogP contribution in [0.2, 0.25) is 0 Å². The van der Waals surface area contributed by atoms with Crippen molar-refractivity contribution < 1.29 is 37.1 Å². The number of carbonyl (C=O) groups excluding carboxylic acids is 2. The third-order valence-corrected chi connectivity index (χ3v) is 16.6. The monoisotopic (exact) mass is 945 g/mol. The van der Waals surface area contributed by atoms with E-state index in [0.717, 1.165) is 93.7 Å². The van der Waals surface area contributed by atoms with E-state index in [2.05, 4.69) is 24.8 Å². The summed E-state index contributed by atoms with van der Waals surface area (Å²) in [5.74, 6) is -0.670. The summed E-state index contributed by atoms with van der Waals surface area (Å²) in [5, 5.41) is 16.2. The number of ether oxygens (including phenoxy) is 3. The maximum atomic E-state index is 14.6. The molecule has 356 valence electrons. The minimum absolute atomic E-state index is 0.0858. The Bertz CT molecular complexity index is 2890. The second-order valence-electron chi connectivity index (χ2n) is 19.3. The lowest BCUT2D eigenvalue weighted by Gasteiger charge is -2.56. The number of pyridine rings is 1. The van der Waals surface area contributed by atoms with E-state index in [1.165, 1.54) is 12.1 Å². The van der Waals surface area contributed by atoms with Crippen LogP contribution >= 0.6 is 0 Å². The molecule has 68 heavy (non-hydrogen) atoms. The van der Waals surface area contributed by atoms with Gasteiger partial charge in [0.1, 0.15) is 23.1 Å². The largest absolute Gasteiger partial charge is 0.468 e. The number of anilines is 4. The Labute approximate surface area is 393 Å². The molecule has 5 aliphatic heterocycles. The number of nitro groups is 1. The van der Waals surface area contributed by atoms with Crippen LogP contribution in [0.5, 0.6) is 5.88 Å². The van der Waals surface area contributed by atoms with Crippen molar-refractivity contribution in [2.24, 2.45) is 17.1 Å². The van der Waals surface area contributed by atoms with E-state index in [1.54, 1.807) is 12.3 Å². The first-order valence-electron chi connectivity index (χ1n) is 23.7. The first kappa shape index (κ1) is 44.2. The number of benzene rings is 3. The van der Waals surface area contributed by atoms with Crippen LogP contribution in [-0.2, 0) is 19.5 Å². The van der Waals surface area contributed by atoms with Gasteiger partial charge in [0.05, 0.1) is 40.3 Å². The van der Waals surface area contributed by atoms with E-state index in [9.17, 15) is 28.1 Å². The fourth-order valence-corrected chi connectivity index (χ4v) is 12.6. The minimum Gasteiger partial charge on any atom is -0.468 e. The molecule has 1 saturated carbocycles. The van der Waals surface area contributed by atoms with Crippen LogP contribution < -0.4 is 30.3 Å². The lowest BCUT2D eigenvalue weighted by atomic mass is 9.59. The number of sulfonamides is 1. The molecule has 1 spiro atoms. The van der Waals surface area contributed by atoms with Crippen LogP contribution in [0, 0.1) is 21.4 Å². The number of aromatic nitrogens is 2. The smallest absolute Gasteiger partial charge is 0.293 e. The number of hydrogen-bond acceptors (Lipinski definition) is 14. The predicted octanol–water partition coefficient (Wildman–Crippen LogP) is 6.41. The second-order valence-corrected chi connectivity index (χ2v) is 20.9. The summed E-state index contributed by atoms with van der Waals surface area (Å²) >= 11 is 0. The van der Waals surface area contributed by atoms with Gasteiger partial charge in [0.25, 0.3) is 21.6 Å². The van der Waals surface area contributed by atoms with Gasteiger partial charge >= 0.3 is 0 Å². The molecule has 1 aliphatic carbocycles. The molecule has 11 rings (SSSR count). The van der Waals surface area contributed by atoms with E-state index < -0.39 is 37.5 Å². The SMILES string of the molecule is NC(=O)c1ccccc1[C@@H]1CCCN1C1CC2(CCN(c3ccc(C(=O)NS(=O)(=O)c4ccc(NCC5CCOCC5)c([N+](=O)[O-])c4)c(N4c5cc6cc[nH]c6nc5O[C@@H]5COC[C@H]54)c3)CC2)C1. The third kappa shape index (κ3) is 8.17. The Morgan fingerprint density at radius 3 is 2.53 bits per heavy atom. The van der Waals surface area contributed by atoms with Crippen molar-refractivity contribution in [2.75, 3.05) is 67.7 Å². The Kier molecular flexibility index (Phi) is 11.5. The standard InChI is InChI=1S/C49H55N9O9S/c50-45(59)36-5-2-1-4-35(36)39-6-3-17-56(39)33-25-49(26-33)14-18-55(19-15-49)32-7-9-37(40(23-32)57-42-22-31-11-16-51-46(31)53-48(42)67-44-29-66-28-43(44)57)47(60)54-68(63,64)34-8-10-38(41(24-34)58(61)62)52-27-30-12-20-65-21-13-30/h1-2,4-5,7-11,16,22-24,30,33,39,43-44,52H,3,6,12-15,17-21,25-29H2,(H2,50,59)(H,51,53)(H,54,60)/t39-,43+,44+/m0/s1. The van der Waals surface area contributed by atoms with Crippen molar-refractivity contribution in [1.29, 1.82) is 0 Å². The molecule has 19 heteroatoms. The minimum atomic E-state index is -4.61. The van der Waals surface area contributed by atoms with Crippen molar-refractivity contribution in [3.63, 3.8) is 0 Å². The molecule has 6 aliphatic rings. The summed E-state index contributed by atoms with van der Waals surface area (Å²) in [6.45, 7) is 4.88. The number of fused-ring (bicyclic) bond motifs is 3. The number of aromatic amines is 1. The summed E-state index contributed by atoms with van der Waals surface area (Å²) in [5.41, 5.74) is 10.1. The number of nitrogens with two attached hydrogens (primary N) is 1. The van der Waals surface area contributed by atoms with Gasteiger partial charge in [0.2, 0.25) is 11.8 Å². The van der Waals surface area contributed by atoms with Gasteiger partial charge in [-0.1, -0.05) is 18.2 Å². The molecular formula is C49H55N9O9S. The number of piperidine rings is 1. The van der Waals surface area contributed by atoms with Gasteiger partial charge < -0.3 is 40.0 Å². The Morgan fingerprint density at radius 2 is 1.74 bits per heavy atom. The van der Waals surface area contributed by atoms with Gasteiger partial charge in [0, 0.05) is 73.8 Å². The van der Waals surface area contributed by atoms with Crippen LogP contribution in [0.25, 0.3) is 11.0 Å². The number of nitrogens with zero attached hydrogens (tertiary/aromatic N) is 5. The van der Waals surface area contributed by atoms with Crippen molar-refractivity contribution >= 4 is 61.3 Å².